The van der Waals surface area contributed by atoms with E-state index in [1.54, 1.807) is 7.11 Å². The van der Waals surface area contributed by atoms with Gasteiger partial charge in [0.1, 0.15) is 15.6 Å². The molecule has 1 aliphatic rings. The van der Waals surface area contributed by atoms with E-state index >= 15 is 0 Å². The lowest BCUT2D eigenvalue weighted by atomic mass is 10.3. The molecule has 2 heterocycles. The zero-order valence-corrected chi connectivity index (χ0v) is 12.8. The average molecular weight is 298 g/mol. The number of nitrogens with zero attached hydrogens (tertiary/aromatic N) is 2. The number of carbonyl (C=O) groups is 1. The van der Waals surface area contributed by atoms with Crippen LogP contribution in [0.3, 0.4) is 0 Å². The molecule has 0 spiro atoms. The summed E-state index contributed by atoms with van der Waals surface area (Å²) in [6, 6.07) is 0. The Bertz CT molecular complexity index is 481. The van der Waals surface area contributed by atoms with Gasteiger partial charge in [0, 0.05) is 26.2 Å². The third kappa shape index (κ3) is 2.83. The van der Waals surface area contributed by atoms with Crippen LogP contribution in [-0.2, 0) is 0 Å². The molecule has 1 aliphatic heterocycles. The number of nitrogens with two attached hydrogens (primary N) is 2. The number of piperazine rings is 1. The van der Waals surface area contributed by atoms with E-state index in [1.807, 2.05) is 0 Å². The lowest BCUT2D eigenvalue weighted by molar-refractivity contribution is 0.100. The fourth-order valence-corrected chi connectivity index (χ4v) is 3.59. The molecule has 1 aromatic heterocycles. The van der Waals surface area contributed by atoms with Crippen LogP contribution in [0, 0.1) is 0 Å². The third-order valence-electron chi connectivity index (χ3n) is 3.51. The maximum atomic E-state index is 11.4. The molecule has 1 saturated heterocycles. The van der Waals surface area contributed by atoms with Gasteiger partial charge in [0.05, 0.1) is 7.11 Å². The Morgan fingerprint density at radius 3 is 2.50 bits per heavy atom. The summed E-state index contributed by atoms with van der Waals surface area (Å²) < 4.78 is 5.36. The monoisotopic (exact) mass is 298 g/mol. The van der Waals surface area contributed by atoms with E-state index < -0.39 is 5.91 Å². The van der Waals surface area contributed by atoms with Crippen molar-refractivity contribution >= 4 is 27.9 Å². The lowest BCUT2D eigenvalue weighted by Gasteiger charge is -2.35. The van der Waals surface area contributed by atoms with Crippen molar-refractivity contribution in [3.63, 3.8) is 0 Å². The van der Waals surface area contributed by atoms with Crippen LogP contribution in [0.4, 0.5) is 10.7 Å². The summed E-state index contributed by atoms with van der Waals surface area (Å²) in [5, 5.41) is 0.912. The highest BCUT2D eigenvalue weighted by Gasteiger charge is 2.26. The number of hydrogen-bond donors (Lipinski definition) is 2. The number of thiophene rings is 1. The standard InChI is InChI=1S/C13H22N4O2S/c1-3-4-16-5-7-17(8-6-16)13-10(19-2)9(14)11(20-13)12(15)18/h3-8,14H2,1-2H3,(H2,15,18). The average Bonchev–Trinajstić information content (AvgIpc) is 2.77. The summed E-state index contributed by atoms with van der Waals surface area (Å²) in [4.78, 5) is 16.4. The fourth-order valence-electron chi connectivity index (χ4n) is 2.50. The highest BCUT2D eigenvalue weighted by atomic mass is 32.1. The number of anilines is 2. The van der Waals surface area contributed by atoms with Crippen molar-refractivity contribution in [2.45, 2.75) is 13.3 Å². The van der Waals surface area contributed by atoms with Crippen LogP contribution in [0.2, 0.25) is 0 Å². The Labute approximate surface area is 123 Å². The van der Waals surface area contributed by atoms with Gasteiger partial charge in [-0.1, -0.05) is 6.92 Å². The first kappa shape index (κ1) is 14.9. The second-order valence-electron chi connectivity index (χ2n) is 4.88. The number of amides is 1. The second kappa shape index (κ2) is 6.32. The number of rotatable bonds is 5. The zero-order valence-electron chi connectivity index (χ0n) is 12.0. The largest absolute Gasteiger partial charge is 0.492 e. The van der Waals surface area contributed by atoms with Crippen molar-refractivity contribution in [2.75, 3.05) is 50.5 Å². The van der Waals surface area contributed by atoms with Crippen LogP contribution in [0.15, 0.2) is 0 Å². The number of methoxy groups -OCH3 is 1. The molecule has 1 amide bonds. The molecule has 0 unspecified atom stereocenters. The van der Waals surface area contributed by atoms with Crippen LogP contribution in [-0.4, -0.2) is 50.6 Å². The van der Waals surface area contributed by atoms with E-state index in [1.165, 1.54) is 17.8 Å². The molecule has 0 radical (unpaired) electrons. The molecule has 4 N–H and O–H groups in total. The van der Waals surface area contributed by atoms with Gasteiger partial charge < -0.3 is 21.1 Å². The van der Waals surface area contributed by atoms with Crippen molar-refractivity contribution in [2.24, 2.45) is 5.73 Å². The lowest BCUT2D eigenvalue weighted by Crippen LogP contribution is -2.46. The summed E-state index contributed by atoms with van der Waals surface area (Å²) >= 11 is 1.32. The van der Waals surface area contributed by atoms with E-state index in [9.17, 15) is 4.79 Å². The third-order valence-corrected chi connectivity index (χ3v) is 4.77. The van der Waals surface area contributed by atoms with Gasteiger partial charge in [0.15, 0.2) is 5.75 Å². The van der Waals surface area contributed by atoms with Crippen LogP contribution in [0.5, 0.6) is 5.75 Å². The molecule has 6 nitrogen and oxygen atoms in total. The number of nitrogen functional groups attached to an aromatic ring is 1. The summed E-state index contributed by atoms with van der Waals surface area (Å²) in [7, 11) is 1.57. The first-order chi connectivity index (χ1) is 9.58. The second-order valence-corrected chi connectivity index (χ2v) is 5.88. The van der Waals surface area contributed by atoms with Crippen LogP contribution in [0.1, 0.15) is 23.0 Å². The molecule has 112 valence electrons. The predicted octanol–water partition coefficient (Wildman–Crippen LogP) is 0.970. The highest BCUT2D eigenvalue weighted by molar-refractivity contribution is 7.19. The van der Waals surface area contributed by atoms with Gasteiger partial charge in [-0.05, 0) is 13.0 Å². The Morgan fingerprint density at radius 1 is 1.35 bits per heavy atom. The number of ether oxygens (including phenoxy) is 1. The minimum absolute atomic E-state index is 0.357. The number of primary amides is 1. The van der Waals surface area contributed by atoms with Crippen LogP contribution in [0.25, 0.3) is 0 Å². The van der Waals surface area contributed by atoms with Crippen LogP contribution < -0.4 is 21.1 Å². The molecule has 7 heteroatoms. The van der Waals surface area contributed by atoms with Crippen molar-refractivity contribution in [1.82, 2.24) is 4.90 Å². The van der Waals surface area contributed by atoms with Gasteiger partial charge in [0.2, 0.25) is 0 Å². The quantitative estimate of drug-likeness (QED) is 0.846. The molecule has 20 heavy (non-hydrogen) atoms. The molecule has 1 aromatic rings. The SMILES string of the molecule is CCCN1CCN(c2sc(C(N)=O)c(N)c2OC)CC1. The molecule has 0 aromatic carbocycles. The minimum atomic E-state index is -0.498. The van der Waals surface area contributed by atoms with Gasteiger partial charge in [-0.15, -0.1) is 11.3 Å². The summed E-state index contributed by atoms with van der Waals surface area (Å²) in [6.07, 6.45) is 1.17. The summed E-state index contributed by atoms with van der Waals surface area (Å²) in [5.41, 5.74) is 11.7. The molecule has 0 aliphatic carbocycles. The molecule has 1 fully saturated rings. The predicted molar refractivity (Wildman–Crippen MR) is 82.7 cm³/mol. The first-order valence-corrected chi connectivity index (χ1v) is 7.63. The van der Waals surface area contributed by atoms with Gasteiger partial charge >= 0.3 is 0 Å². The van der Waals surface area contributed by atoms with Gasteiger partial charge in [-0.2, -0.15) is 0 Å². The summed E-state index contributed by atoms with van der Waals surface area (Å²) in [5.74, 6) is 0.0782. The molecule has 0 saturated carbocycles. The van der Waals surface area contributed by atoms with E-state index in [4.69, 9.17) is 16.2 Å². The Kier molecular flexibility index (Phi) is 4.72. The van der Waals surface area contributed by atoms with Gasteiger partial charge in [0.25, 0.3) is 5.91 Å². The molecule has 0 bridgehead atoms. The Hall–Kier alpha value is -1.47. The van der Waals surface area contributed by atoms with E-state index in [2.05, 4.69) is 16.7 Å². The molecular formula is C13H22N4O2S. The van der Waals surface area contributed by atoms with Crippen molar-refractivity contribution < 1.29 is 9.53 Å². The number of carbonyl (C=O) groups excluding carboxylic acids is 1. The smallest absolute Gasteiger partial charge is 0.261 e. The first-order valence-electron chi connectivity index (χ1n) is 6.81. The topological polar surface area (TPSA) is 84.8 Å². The maximum Gasteiger partial charge on any atom is 0.261 e. The summed E-state index contributed by atoms with van der Waals surface area (Å²) in [6.45, 7) is 7.17. The van der Waals surface area contributed by atoms with Crippen molar-refractivity contribution in [1.29, 1.82) is 0 Å². The molecule has 2 rings (SSSR count). The Balaban J connectivity index is 2.17. The zero-order chi connectivity index (χ0) is 14.7. The highest BCUT2D eigenvalue weighted by Crippen LogP contribution is 2.44. The minimum Gasteiger partial charge on any atom is -0.492 e. The van der Waals surface area contributed by atoms with E-state index in [0.717, 1.165) is 37.7 Å². The normalized spacial score (nSPS) is 16.4. The van der Waals surface area contributed by atoms with Crippen molar-refractivity contribution in [3.8, 4) is 5.75 Å². The molecule has 0 atom stereocenters. The van der Waals surface area contributed by atoms with Gasteiger partial charge in [-0.25, -0.2) is 0 Å². The van der Waals surface area contributed by atoms with E-state index in [0.29, 0.717) is 16.3 Å². The van der Waals surface area contributed by atoms with E-state index in [-0.39, 0.29) is 0 Å². The van der Waals surface area contributed by atoms with Gasteiger partial charge in [-0.3, -0.25) is 9.69 Å². The van der Waals surface area contributed by atoms with Crippen molar-refractivity contribution in [3.05, 3.63) is 4.88 Å². The molecular weight excluding hydrogens is 276 g/mol. The fraction of sp³-hybridized carbons (Fsp3) is 0.615. The van der Waals surface area contributed by atoms with Crippen LogP contribution >= 0.6 is 11.3 Å². The maximum absolute atomic E-state index is 11.4. The Morgan fingerprint density at radius 2 is 2.00 bits per heavy atom. The number of hydrogen-bond acceptors (Lipinski definition) is 6.